The first-order valence-electron chi connectivity index (χ1n) is 24.4. The van der Waals surface area contributed by atoms with E-state index >= 15 is 0 Å². The van der Waals surface area contributed by atoms with Crippen LogP contribution in [0, 0.1) is 0 Å². The molecule has 11 rings (SSSR count). The van der Waals surface area contributed by atoms with Crippen LogP contribution in [0.25, 0.3) is 86.8 Å². The molecule has 0 aliphatic rings. The summed E-state index contributed by atoms with van der Waals surface area (Å²) in [6, 6.07) is 5.77. The summed E-state index contributed by atoms with van der Waals surface area (Å²) in [7, 11) is 0. The van der Waals surface area contributed by atoms with E-state index < -0.39 is 137 Å². The highest BCUT2D eigenvalue weighted by molar-refractivity contribution is 7.26. The number of para-hydroxylation sites is 2. The molecule has 5 nitrogen and oxygen atoms in total. The highest BCUT2D eigenvalue weighted by atomic mass is 32.1. The van der Waals surface area contributed by atoms with Gasteiger partial charge >= 0.3 is 0 Å². The van der Waals surface area contributed by atoms with Crippen molar-refractivity contribution in [3.8, 4) is 22.6 Å². The average Bonchev–Trinajstić information content (AvgIpc) is 4.07. The third-order valence-electron chi connectivity index (χ3n) is 8.65. The van der Waals surface area contributed by atoms with E-state index in [4.69, 9.17) is 35.3 Å². The molecular weight excluding hydrogens is 659 g/mol. The molecule has 0 N–H and O–H groups in total. The van der Waals surface area contributed by atoms with Crippen LogP contribution in [0.4, 0.5) is 17.1 Å². The molecule has 244 valence electrons. The number of furan rings is 2. The molecular formula is C46H27N3O2S. The fourth-order valence-electron chi connectivity index (χ4n) is 6.38. The monoisotopic (exact) mass is 702 g/mol. The normalized spacial score (nSPS) is 16.4. The summed E-state index contributed by atoms with van der Waals surface area (Å²) in [5.74, 6) is -0.0499. The number of thiophene rings is 1. The van der Waals surface area contributed by atoms with Crippen LogP contribution < -0.4 is 4.90 Å². The minimum atomic E-state index is -0.878. The Bertz CT molecular complexity index is 4110. The van der Waals surface area contributed by atoms with Gasteiger partial charge in [-0.2, -0.15) is 0 Å². The number of hydrogen-bond acceptors (Lipinski definition) is 6. The minimum Gasteiger partial charge on any atom is -0.456 e. The Morgan fingerprint density at radius 1 is 0.538 bits per heavy atom. The Kier molecular flexibility index (Phi) is 3.71. The lowest BCUT2D eigenvalue weighted by molar-refractivity contribution is 0.668. The molecule has 52 heavy (non-hydrogen) atoms. The summed E-state index contributed by atoms with van der Waals surface area (Å²) >= 11 is 1.47. The second-order valence-corrected chi connectivity index (χ2v) is 12.7. The van der Waals surface area contributed by atoms with Crippen LogP contribution in [0.15, 0.2) is 172 Å². The van der Waals surface area contributed by atoms with E-state index in [9.17, 15) is 6.85 Å². The van der Waals surface area contributed by atoms with Crippen LogP contribution in [0.5, 0.6) is 0 Å². The van der Waals surface area contributed by atoms with Crippen LogP contribution in [-0.2, 0) is 0 Å². The van der Waals surface area contributed by atoms with Crippen molar-refractivity contribution in [1.29, 1.82) is 0 Å². The quantitative estimate of drug-likeness (QED) is 0.179. The van der Waals surface area contributed by atoms with Gasteiger partial charge in [0, 0.05) is 65.9 Å². The van der Waals surface area contributed by atoms with Crippen molar-refractivity contribution in [1.82, 2.24) is 9.97 Å². The Balaban J connectivity index is 1.27. The highest BCUT2D eigenvalue weighted by Crippen LogP contribution is 2.44. The molecule has 0 aliphatic carbocycles. The first-order chi connectivity index (χ1) is 32.8. The molecule has 0 spiro atoms. The van der Waals surface area contributed by atoms with Gasteiger partial charge in [0.25, 0.3) is 0 Å². The molecule has 0 saturated carbocycles. The zero-order valence-corrected chi connectivity index (χ0v) is 27.2. The van der Waals surface area contributed by atoms with Crippen molar-refractivity contribution in [2.24, 2.45) is 0 Å². The summed E-state index contributed by atoms with van der Waals surface area (Å²) < 4.78 is 166. The molecule has 7 aromatic carbocycles. The summed E-state index contributed by atoms with van der Waals surface area (Å²) in [6.07, 6.45) is 0. The van der Waals surface area contributed by atoms with E-state index in [-0.39, 0.29) is 38.5 Å². The summed E-state index contributed by atoms with van der Waals surface area (Å²) in [5, 5.41) is -0.149. The van der Waals surface area contributed by atoms with Gasteiger partial charge < -0.3 is 13.7 Å². The number of rotatable bonds is 5. The number of hydrogen-bond donors (Lipinski definition) is 0. The smallest absolute Gasteiger partial charge is 0.161 e. The van der Waals surface area contributed by atoms with Gasteiger partial charge in [0.15, 0.2) is 5.82 Å². The van der Waals surface area contributed by atoms with Crippen molar-refractivity contribution in [3.63, 3.8) is 0 Å². The lowest BCUT2D eigenvalue weighted by atomic mass is 10.0. The van der Waals surface area contributed by atoms with Crippen LogP contribution in [0.2, 0.25) is 0 Å². The molecule has 0 bridgehead atoms. The van der Waals surface area contributed by atoms with Gasteiger partial charge in [-0.3, -0.25) is 0 Å². The van der Waals surface area contributed by atoms with Gasteiger partial charge in [0.1, 0.15) is 22.3 Å². The molecule has 0 saturated heterocycles. The second-order valence-electron chi connectivity index (χ2n) is 11.6. The molecule has 0 fully saturated rings. The van der Waals surface area contributed by atoms with Crippen molar-refractivity contribution < 1.29 is 32.1 Å². The molecule has 4 heterocycles. The van der Waals surface area contributed by atoms with Crippen molar-refractivity contribution in [2.75, 3.05) is 4.90 Å². The van der Waals surface area contributed by atoms with Gasteiger partial charge in [0.2, 0.25) is 0 Å². The summed E-state index contributed by atoms with van der Waals surface area (Å²) in [4.78, 5) is 10.7. The molecule has 0 aliphatic heterocycles. The zero-order valence-electron chi connectivity index (χ0n) is 43.3. The van der Waals surface area contributed by atoms with Gasteiger partial charge in [-0.05, 0) is 60.5 Å². The highest BCUT2D eigenvalue weighted by Gasteiger charge is 2.21. The fourth-order valence-corrected chi connectivity index (χ4v) is 7.54. The standard InChI is InChI=1S/C46H27N3O2S/c1-3-12-28(13-4-1)43-45-44(34-17-8-10-21-41(34)52-45)48-46(47-43)35-18-11-20-39-42(35)33-24-22-31(27-40(33)51-39)49(29-14-5-2-6-15-29)30-23-25-38-36(26-30)32-16-7-9-19-37(32)50-38/h1-27H/i2D,5D,6D,7D,9D,11D,14D,15D,16D,18D,19D,20D,23D,24D,25D,26D,27D. The van der Waals surface area contributed by atoms with Gasteiger partial charge in [-0.25, -0.2) is 9.97 Å². The molecule has 0 atom stereocenters. The third kappa shape index (κ3) is 4.48. The number of fused-ring (bicyclic) bond motifs is 9. The summed E-state index contributed by atoms with van der Waals surface area (Å²) in [5.41, 5.74) is -1.94. The molecule has 11 aromatic rings. The van der Waals surface area contributed by atoms with E-state index in [2.05, 4.69) is 0 Å². The molecule has 0 unspecified atom stereocenters. The molecule has 0 radical (unpaired) electrons. The predicted octanol–water partition coefficient (Wildman–Crippen LogP) is 13.4. The Hall–Kier alpha value is -6.76. The Labute approximate surface area is 325 Å². The van der Waals surface area contributed by atoms with E-state index in [1.807, 2.05) is 54.6 Å². The third-order valence-corrected chi connectivity index (χ3v) is 9.82. The van der Waals surface area contributed by atoms with Crippen LogP contribution in [0.1, 0.15) is 23.3 Å². The topological polar surface area (TPSA) is 55.3 Å². The minimum absolute atomic E-state index is 0.0499. The maximum Gasteiger partial charge on any atom is 0.161 e. The van der Waals surface area contributed by atoms with Gasteiger partial charge in [-0.1, -0.05) is 96.9 Å². The number of nitrogens with zero attached hydrogens (tertiary/aromatic N) is 3. The van der Waals surface area contributed by atoms with E-state index in [1.54, 1.807) is 0 Å². The van der Waals surface area contributed by atoms with Crippen LogP contribution in [0.3, 0.4) is 0 Å². The second kappa shape index (κ2) is 11.4. The number of benzene rings is 7. The number of anilines is 3. The molecule has 4 aromatic heterocycles. The van der Waals surface area contributed by atoms with Crippen LogP contribution in [-0.4, -0.2) is 9.97 Å². The fraction of sp³-hybridized carbons (Fsp3) is 0. The molecule has 0 amide bonds. The summed E-state index contributed by atoms with van der Waals surface area (Å²) in [6.45, 7) is 0. The van der Waals surface area contributed by atoms with Crippen LogP contribution >= 0.6 is 11.3 Å². The first-order valence-corrected chi connectivity index (χ1v) is 16.7. The average molecular weight is 703 g/mol. The van der Waals surface area contributed by atoms with Gasteiger partial charge in [0.05, 0.1) is 39.2 Å². The van der Waals surface area contributed by atoms with Crippen molar-refractivity contribution in [3.05, 3.63) is 163 Å². The number of aromatic nitrogens is 2. The predicted molar refractivity (Wildman–Crippen MR) is 215 cm³/mol. The Morgan fingerprint density at radius 3 is 2.25 bits per heavy atom. The maximum atomic E-state index is 9.79. The van der Waals surface area contributed by atoms with Crippen molar-refractivity contribution in [2.45, 2.75) is 0 Å². The Morgan fingerprint density at radius 2 is 1.33 bits per heavy atom. The lowest BCUT2D eigenvalue weighted by Crippen LogP contribution is -2.09. The van der Waals surface area contributed by atoms with Gasteiger partial charge in [-0.15, -0.1) is 11.3 Å². The first kappa shape index (κ1) is 17.0. The van der Waals surface area contributed by atoms with E-state index in [1.165, 1.54) is 11.3 Å². The van der Waals surface area contributed by atoms with E-state index in [0.29, 0.717) is 16.8 Å². The largest absolute Gasteiger partial charge is 0.456 e. The SMILES string of the molecule is [2H]c1c([2H])c([2H])c(N(c2cc([2H])c3c(oc4c([2H])c([2H])c([2H])c(-c5nc(-c6ccccc6)c6sc7ccccc7c6n5)c43)c2[2H])c2c([2H])c([2H])c3oc4c([2H])c([2H])c([2H])c([2H])c4c3c2[2H])c([2H])c1[2H]. The maximum absolute atomic E-state index is 9.79. The van der Waals surface area contributed by atoms with Crippen molar-refractivity contribution >= 4 is 92.6 Å². The zero-order chi connectivity index (χ0) is 49.0. The molecule has 6 heteroatoms. The lowest BCUT2D eigenvalue weighted by Gasteiger charge is -2.25. The van der Waals surface area contributed by atoms with E-state index in [0.717, 1.165) is 25.8 Å².